The fourth-order valence-electron chi connectivity index (χ4n) is 1.02. The van der Waals surface area contributed by atoms with Gasteiger partial charge in [-0.2, -0.15) is 0 Å². The van der Waals surface area contributed by atoms with Crippen LogP contribution in [-0.2, 0) is 9.53 Å². The summed E-state index contributed by atoms with van der Waals surface area (Å²) < 4.78 is 4.68. The van der Waals surface area contributed by atoms with E-state index >= 15 is 0 Å². The minimum Gasteiger partial charge on any atom is -0.468 e. The van der Waals surface area contributed by atoms with E-state index in [9.17, 15) is 4.79 Å². The van der Waals surface area contributed by atoms with E-state index in [1.807, 2.05) is 0 Å². The number of ether oxygens (including phenoxy) is 1. The fourth-order valence-corrected chi connectivity index (χ4v) is 2.80. The smallest absolute Gasteiger partial charge is 0.293 e. The molecule has 0 aromatic carbocycles. The average Bonchev–Trinajstić information content (AvgIpc) is 1.96. The lowest BCUT2D eigenvalue weighted by atomic mass is 10.2. The summed E-state index contributed by atoms with van der Waals surface area (Å²) >= 11 is 0. The van der Waals surface area contributed by atoms with Gasteiger partial charge in [0.05, 0.1) is 14.7 Å². The maximum atomic E-state index is 9.92. The van der Waals surface area contributed by atoms with Gasteiger partial charge in [0.2, 0.25) is 0 Å². The zero-order valence-corrected chi connectivity index (χ0v) is 10.5. The number of rotatable bonds is 5. The van der Waals surface area contributed by atoms with Gasteiger partial charge in [-0.1, -0.05) is 39.9 Å². The largest absolute Gasteiger partial charge is 0.468 e. The third kappa shape index (κ3) is 4.46. The lowest BCUT2D eigenvalue weighted by Crippen LogP contribution is -2.36. The Morgan fingerprint density at radius 1 is 1.31 bits per heavy atom. The molecule has 0 aliphatic heterocycles. The molecule has 0 spiro atoms. The van der Waals surface area contributed by atoms with Gasteiger partial charge in [-0.05, 0) is 11.5 Å². The number of hydrogen-bond acceptors (Lipinski definition) is 2. The minimum absolute atomic E-state index is 0.439. The first-order valence-electron chi connectivity index (χ1n) is 4.86. The normalized spacial score (nSPS) is 12.7. The topological polar surface area (TPSA) is 26.3 Å². The Morgan fingerprint density at radius 3 is 2.23 bits per heavy atom. The van der Waals surface area contributed by atoms with Gasteiger partial charge in [0.25, 0.3) is 6.47 Å². The highest BCUT2D eigenvalue weighted by atomic mass is 28.3. The molecule has 0 fully saturated rings. The molecule has 0 amide bonds. The van der Waals surface area contributed by atoms with Gasteiger partial charge in [0.15, 0.2) is 0 Å². The van der Waals surface area contributed by atoms with E-state index in [1.54, 1.807) is 0 Å². The molecule has 0 heterocycles. The van der Waals surface area contributed by atoms with Crippen LogP contribution >= 0.6 is 0 Å². The van der Waals surface area contributed by atoms with E-state index in [-0.39, 0.29) is 0 Å². The van der Waals surface area contributed by atoms with Crippen LogP contribution in [0.1, 0.15) is 27.2 Å². The Labute approximate surface area is 82.7 Å². The second-order valence-corrected chi connectivity index (χ2v) is 11.0. The van der Waals surface area contributed by atoms with Crippen molar-refractivity contribution in [2.24, 2.45) is 0 Å². The fraction of sp³-hybridized carbons (Fsp3) is 0.900. The molecule has 0 atom stereocenters. The average molecular weight is 202 g/mol. The van der Waals surface area contributed by atoms with Crippen molar-refractivity contribution in [1.29, 1.82) is 0 Å². The van der Waals surface area contributed by atoms with Crippen LogP contribution in [-0.4, -0.2) is 21.2 Å². The van der Waals surface area contributed by atoms with Crippen molar-refractivity contribution in [2.75, 3.05) is 6.61 Å². The third-order valence-corrected chi connectivity index (χ3v) is 8.83. The lowest BCUT2D eigenvalue weighted by molar-refractivity contribution is -0.128. The molecule has 0 N–H and O–H groups in total. The standard InChI is InChI=1S/C10H22O2Si/c1-10(2,3)13(4,5)8-6-7-12-9-11/h9H,6-8H2,1-5H3. The molecule has 0 aliphatic rings. The zero-order chi connectivity index (χ0) is 10.5. The van der Waals surface area contributed by atoms with Gasteiger partial charge in [0.1, 0.15) is 0 Å². The van der Waals surface area contributed by atoms with E-state index in [0.717, 1.165) is 6.42 Å². The Kier molecular flexibility index (Phi) is 4.68. The van der Waals surface area contributed by atoms with Gasteiger partial charge in [-0.15, -0.1) is 0 Å². The highest BCUT2D eigenvalue weighted by Gasteiger charge is 2.33. The van der Waals surface area contributed by atoms with Crippen LogP contribution in [0, 0.1) is 0 Å². The van der Waals surface area contributed by atoms with E-state index in [1.165, 1.54) is 6.04 Å². The molecular formula is C10H22O2Si. The number of carbonyl (C=O) groups excluding carboxylic acids is 1. The molecule has 0 radical (unpaired) electrons. The molecular weight excluding hydrogens is 180 g/mol. The summed E-state index contributed by atoms with van der Waals surface area (Å²) in [6.45, 7) is 12.8. The van der Waals surface area contributed by atoms with Crippen LogP contribution in [0.3, 0.4) is 0 Å². The van der Waals surface area contributed by atoms with Gasteiger partial charge < -0.3 is 4.74 Å². The molecule has 0 aromatic heterocycles. The highest BCUT2D eigenvalue weighted by molar-refractivity contribution is 6.80. The minimum atomic E-state index is -1.15. The molecule has 0 bridgehead atoms. The summed E-state index contributed by atoms with van der Waals surface area (Å²) in [7, 11) is -1.15. The third-order valence-electron chi connectivity index (χ3n) is 3.16. The molecule has 0 saturated carbocycles. The molecule has 2 nitrogen and oxygen atoms in total. The predicted molar refractivity (Wildman–Crippen MR) is 58.6 cm³/mol. The van der Waals surface area contributed by atoms with Crippen LogP contribution in [0.2, 0.25) is 24.2 Å². The Balaban J connectivity index is 3.83. The van der Waals surface area contributed by atoms with E-state index in [0.29, 0.717) is 18.1 Å². The number of carbonyl (C=O) groups is 1. The van der Waals surface area contributed by atoms with Crippen LogP contribution in [0.4, 0.5) is 0 Å². The second-order valence-electron chi connectivity index (χ2n) is 5.20. The number of hydrogen-bond donors (Lipinski definition) is 0. The van der Waals surface area contributed by atoms with Crippen molar-refractivity contribution in [3.8, 4) is 0 Å². The quantitative estimate of drug-likeness (QED) is 0.389. The van der Waals surface area contributed by atoms with Crippen molar-refractivity contribution < 1.29 is 9.53 Å². The molecule has 78 valence electrons. The van der Waals surface area contributed by atoms with Crippen LogP contribution in [0.25, 0.3) is 0 Å². The summed E-state index contributed by atoms with van der Waals surface area (Å²) in [5.41, 5.74) is 0. The summed E-state index contributed by atoms with van der Waals surface area (Å²) in [5, 5.41) is 0.439. The first-order valence-corrected chi connectivity index (χ1v) is 8.07. The van der Waals surface area contributed by atoms with Crippen molar-refractivity contribution in [1.82, 2.24) is 0 Å². The Hall–Kier alpha value is -0.313. The van der Waals surface area contributed by atoms with Gasteiger partial charge >= 0.3 is 0 Å². The maximum absolute atomic E-state index is 9.92. The monoisotopic (exact) mass is 202 g/mol. The summed E-state index contributed by atoms with van der Waals surface area (Å²) in [5.74, 6) is 0. The lowest BCUT2D eigenvalue weighted by Gasteiger charge is -2.37. The van der Waals surface area contributed by atoms with Crippen LogP contribution in [0.15, 0.2) is 0 Å². The van der Waals surface area contributed by atoms with E-state index in [4.69, 9.17) is 0 Å². The maximum Gasteiger partial charge on any atom is 0.293 e. The second kappa shape index (κ2) is 4.79. The summed E-state index contributed by atoms with van der Waals surface area (Å²) in [6, 6.07) is 1.23. The first kappa shape index (κ1) is 12.7. The van der Waals surface area contributed by atoms with Crippen LogP contribution in [0.5, 0.6) is 0 Å². The Bertz CT molecular complexity index is 159. The van der Waals surface area contributed by atoms with Gasteiger partial charge in [0, 0.05) is 0 Å². The summed E-state index contributed by atoms with van der Waals surface area (Å²) in [6.07, 6.45) is 1.01. The van der Waals surface area contributed by atoms with Gasteiger partial charge in [-0.25, -0.2) is 0 Å². The molecule has 0 aliphatic carbocycles. The van der Waals surface area contributed by atoms with Gasteiger partial charge in [-0.3, -0.25) is 4.79 Å². The highest BCUT2D eigenvalue weighted by Crippen LogP contribution is 2.39. The van der Waals surface area contributed by atoms with E-state index in [2.05, 4.69) is 38.6 Å². The first-order chi connectivity index (χ1) is 5.81. The zero-order valence-electron chi connectivity index (χ0n) is 9.52. The van der Waals surface area contributed by atoms with Crippen molar-refractivity contribution in [3.63, 3.8) is 0 Å². The van der Waals surface area contributed by atoms with Crippen molar-refractivity contribution in [2.45, 2.75) is 51.4 Å². The molecule has 13 heavy (non-hydrogen) atoms. The van der Waals surface area contributed by atoms with Crippen LogP contribution < -0.4 is 0 Å². The molecule has 0 rings (SSSR count). The molecule has 0 aromatic rings. The predicted octanol–water partition coefficient (Wildman–Crippen LogP) is 3.06. The van der Waals surface area contributed by atoms with E-state index < -0.39 is 8.07 Å². The van der Waals surface area contributed by atoms with Crippen molar-refractivity contribution >= 4 is 14.5 Å². The van der Waals surface area contributed by atoms with Crippen molar-refractivity contribution in [3.05, 3.63) is 0 Å². The Morgan fingerprint density at radius 2 is 1.85 bits per heavy atom. The summed E-state index contributed by atoms with van der Waals surface area (Å²) in [4.78, 5) is 9.92. The molecule has 0 saturated heterocycles. The molecule has 0 unspecified atom stereocenters. The molecule has 3 heteroatoms. The SMILES string of the molecule is CC(C)(C)[Si](C)(C)CCCOC=O.